The number of pyridine rings is 1. The first-order valence-corrected chi connectivity index (χ1v) is 10.8. The third-order valence-electron chi connectivity index (χ3n) is 6.02. The average molecular weight is 400 g/mol. The lowest BCUT2D eigenvalue weighted by Gasteiger charge is -2.36. The molecule has 1 aromatic rings. The van der Waals surface area contributed by atoms with Crippen LogP contribution in [0.4, 0.5) is 0 Å². The summed E-state index contributed by atoms with van der Waals surface area (Å²) in [6.45, 7) is 5.00. The van der Waals surface area contributed by atoms with E-state index in [0.29, 0.717) is 30.5 Å². The minimum absolute atomic E-state index is 0.0837. The summed E-state index contributed by atoms with van der Waals surface area (Å²) < 4.78 is 6.13. The van der Waals surface area contributed by atoms with Crippen LogP contribution in [0.1, 0.15) is 61.9 Å². The molecule has 2 aliphatic rings. The van der Waals surface area contributed by atoms with E-state index >= 15 is 0 Å². The predicted molar refractivity (Wildman–Crippen MR) is 113 cm³/mol. The van der Waals surface area contributed by atoms with Crippen LogP contribution < -0.4 is 10.1 Å². The van der Waals surface area contributed by atoms with Crippen LogP contribution in [0.2, 0.25) is 0 Å². The number of rotatable bonds is 5. The van der Waals surface area contributed by atoms with E-state index in [1.165, 1.54) is 25.7 Å². The number of hydrogen-bond donors (Lipinski definition) is 2. The Morgan fingerprint density at radius 3 is 2.86 bits per heavy atom. The number of carbonyl (C=O) groups is 1. The van der Waals surface area contributed by atoms with Gasteiger partial charge in [-0.25, -0.2) is 4.98 Å². The molecule has 1 fully saturated rings. The Hall–Kier alpha value is -2.10. The average Bonchev–Trinajstić information content (AvgIpc) is 3.24. The number of nitrogens with zero attached hydrogens (tertiary/aromatic N) is 2. The Labute approximate surface area is 174 Å². The van der Waals surface area contributed by atoms with Crippen LogP contribution in [0.15, 0.2) is 12.3 Å². The number of carbonyl (C=O) groups excluding carboxylic acids is 1. The first-order chi connectivity index (χ1) is 14.0. The molecule has 0 saturated heterocycles. The Bertz CT molecular complexity index is 764. The molecule has 1 saturated carbocycles. The highest BCUT2D eigenvalue weighted by Gasteiger charge is 2.33. The van der Waals surface area contributed by atoms with E-state index in [2.05, 4.69) is 29.1 Å². The molecule has 29 heavy (non-hydrogen) atoms. The number of hydrogen-bond acceptors (Lipinski definition) is 5. The van der Waals surface area contributed by atoms with Gasteiger partial charge in [0.15, 0.2) is 0 Å². The van der Waals surface area contributed by atoms with Crippen molar-refractivity contribution < 1.29 is 14.6 Å². The molecule has 3 atom stereocenters. The Morgan fingerprint density at radius 2 is 2.17 bits per heavy atom. The summed E-state index contributed by atoms with van der Waals surface area (Å²) in [6.07, 6.45) is 7.62. The monoisotopic (exact) mass is 399 g/mol. The molecule has 1 aliphatic carbocycles. The molecule has 3 rings (SSSR count). The second-order valence-electron chi connectivity index (χ2n) is 8.41. The molecule has 6 nitrogen and oxygen atoms in total. The summed E-state index contributed by atoms with van der Waals surface area (Å²) in [6, 6.07) is 1.51. The first-order valence-electron chi connectivity index (χ1n) is 10.8. The molecule has 6 heteroatoms. The van der Waals surface area contributed by atoms with Crippen molar-refractivity contribution in [3.63, 3.8) is 0 Å². The van der Waals surface area contributed by atoms with Gasteiger partial charge in [-0.2, -0.15) is 0 Å². The minimum atomic E-state index is -0.275. The van der Waals surface area contributed by atoms with E-state index in [4.69, 9.17) is 4.74 Å². The van der Waals surface area contributed by atoms with Crippen LogP contribution in [0.3, 0.4) is 0 Å². The van der Waals surface area contributed by atoms with Crippen LogP contribution in [0.25, 0.3) is 0 Å². The highest BCUT2D eigenvalue weighted by Crippen LogP contribution is 2.28. The number of nitrogens with one attached hydrogen (secondary N) is 1. The van der Waals surface area contributed by atoms with Gasteiger partial charge in [-0.15, -0.1) is 0 Å². The lowest BCUT2D eigenvalue weighted by Crippen LogP contribution is -2.49. The highest BCUT2D eigenvalue weighted by atomic mass is 16.5. The third kappa shape index (κ3) is 5.29. The Morgan fingerprint density at radius 1 is 1.41 bits per heavy atom. The van der Waals surface area contributed by atoms with Crippen LogP contribution >= 0.6 is 0 Å². The molecule has 1 aliphatic heterocycles. The number of amides is 1. The smallest absolute Gasteiger partial charge is 0.259 e. The van der Waals surface area contributed by atoms with Crippen LogP contribution in [-0.4, -0.2) is 59.8 Å². The number of aliphatic hydroxyl groups is 1. The van der Waals surface area contributed by atoms with Crippen LogP contribution in [-0.2, 0) is 0 Å². The van der Waals surface area contributed by atoms with Crippen molar-refractivity contribution in [2.24, 2.45) is 11.8 Å². The summed E-state index contributed by atoms with van der Waals surface area (Å²) >= 11 is 0. The van der Waals surface area contributed by atoms with Gasteiger partial charge in [0.05, 0.1) is 12.6 Å². The number of aromatic nitrogens is 1. The zero-order chi connectivity index (χ0) is 20.8. The molecular weight excluding hydrogens is 366 g/mol. The maximum absolute atomic E-state index is 13.3. The number of ether oxygens (including phenoxy) is 1. The van der Waals surface area contributed by atoms with Crippen molar-refractivity contribution >= 4 is 5.91 Å². The summed E-state index contributed by atoms with van der Waals surface area (Å²) in [5.41, 5.74) is 1.15. The molecule has 1 amide bonds. The van der Waals surface area contributed by atoms with Gasteiger partial charge in [0.25, 0.3) is 5.91 Å². The molecule has 0 unspecified atom stereocenters. The van der Waals surface area contributed by atoms with Gasteiger partial charge in [-0.1, -0.05) is 31.6 Å². The van der Waals surface area contributed by atoms with E-state index < -0.39 is 0 Å². The van der Waals surface area contributed by atoms with Gasteiger partial charge in [0, 0.05) is 37.2 Å². The van der Waals surface area contributed by atoms with E-state index in [9.17, 15) is 9.90 Å². The molecule has 0 aromatic carbocycles. The van der Waals surface area contributed by atoms with E-state index in [1.54, 1.807) is 17.2 Å². The zero-order valence-electron chi connectivity index (χ0n) is 17.8. The quantitative estimate of drug-likeness (QED) is 0.744. The molecule has 0 spiro atoms. The Balaban J connectivity index is 1.89. The summed E-state index contributed by atoms with van der Waals surface area (Å²) in [5, 5.41) is 12.8. The van der Waals surface area contributed by atoms with E-state index in [0.717, 1.165) is 12.0 Å². The standard InChI is InChI=1S/C23H33N3O3/c1-16-14-26(17(2)15-27)23(28)20-11-19(10-6-9-18-7-4-5-8-18)12-25-22(20)29-21(16)13-24-3/h11-12,16-18,21,24,27H,4-5,7-9,13-15H2,1-3H3/t16-,17+,21-/m1/s1. The van der Waals surface area contributed by atoms with Crippen molar-refractivity contribution in [3.8, 4) is 17.7 Å². The van der Waals surface area contributed by atoms with Gasteiger partial charge in [-0.3, -0.25) is 4.79 Å². The van der Waals surface area contributed by atoms with Crippen LogP contribution in [0, 0.1) is 23.7 Å². The molecule has 0 radical (unpaired) electrons. The minimum Gasteiger partial charge on any atom is -0.472 e. The van der Waals surface area contributed by atoms with Crippen molar-refractivity contribution in [3.05, 3.63) is 23.4 Å². The molecule has 2 heterocycles. The van der Waals surface area contributed by atoms with Crippen molar-refractivity contribution in [2.45, 2.75) is 58.1 Å². The van der Waals surface area contributed by atoms with E-state index in [-0.39, 0.29) is 30.6 Å². The predicted octanol–water partition coefficient (Wildman–Crippen LogP) is 2.45. The summed E-state index contributed by atoms with van der Waals surface area (Å²) in [5.74, 6) is 7.43. The SMILES string of the molecule is CNC[C@H]1Oc2ncc(C#CCC3CCCC3)cc2C(=O)N([C@@H](C)CO)C[C@H]1C. The fourth-order valence-electron chi connectivity index (χ4n) is 4.13. The highest BCUT2D eigenvalue weighted by molar-refractivity contribution is 5.97. The topological polar surface area (TPSA) is 74.7 Å². The lowest BCUT2D eigenvalue weighted by atomic mass is 10.00. The number of aliphatic hydroxyl groups excluding tert-OH is 1. The van der Waals surface area contributed by atoms with Gasteiger partial charge in [0.1, 0.15) is 11.7 Å². The number of likely N-dealkylation sites (N-methyl/N-ethyl adjacent to an activating group) is 1. The molecule has 158 valence electrons. The number of fused-ring (bicyclic) bond motifs is 1. The fraction of sp³-hybridized carbons (Fsp3) is 0.652. The zero-order valence-corrected chi connectivity index (χ0v) is 17.8. The molecule has 2 N–H and O–H groups in total. The fourth-order valence-corrected chi connectivity index (χ4v) is 4.13. The second-order valence-corrected chi connectivity index (χ2v) is 8.41. The maximum Gasteiger partial charge on any atom is 0.259 e. The Kier molecular flexibility index (Phi) is 7.51. The van der Waals surface area contributed by atoms with Crippen molar-refractivity contribution in [2.75, 3.05) is 26.7 Å². The summed E-state index contributed by atoms with van der Waals surface area (Å²) in [4.78, 5) is 19.4. The first kappa shape index (κ1) is 21.6. The van der Waals surface area contributed by atoms with Gasteiger partial charge in [0.2, 0.25) is 5.88 Å². The second kappa shape index (κ2) is 10.1. The molecular formula is C23H33N3O3. The van der Waals surface area contributed by atoms with Gasteiger partial charge >= 0.3 is 0 Å². The van der Waals surface area contributed by atoms with Crippen LogP contribution in [0.5, 0.6) is 5.88 Å². The van der Waals surface area contributed by atoms with Gasteiger partial charge in [-0.05, 0) is 38.8 Å². The van der Waals surface area contributed by atoms with Crippen molar-refractivity contribution in [1.82, 2.24) is 15.2 Å². The van der Waals surface area contributed by atoms with Gasteiger partial charge < -0.3 is 20.1 Å². The molecule has 0 bridgehead atoms. The third-order valence-corrected chi connectivity index (χ3v) is 6.02. The normalized spacial score (nSPS) is 23.4. The van der Waals surface area contributed by atoms with E-state index in [1.807, 2.05) is 14.0 Å². The lowest BCUT2D eigenvalue weighted by molar-refractivity contribution is 0.0404. The van der Waals surface area contributed by atoms with Crippen molar-refractivity contribution in [1.29, 1.82) is 0 Å². The maximum atomic E-state index is 13.3. The largest absolute Gasteiger partial charge is 0.472 e. The summed E-state index contributed by atoms with van der Waals surface area (Å²) in [7, 11) is 1.88. The molecule has 1 aromatic heterocycles.